The SMILES string of the molecule is O=Nc1c2cc(S(=O)(=O)N3CCC(OCc4ccccc4)CC3)ccc2c(NO)c2cc(S(=O)(=O)N3CCC(OCc4ccccc4)CC3)ccc12. The average Bonchev–Trinajstić information content (AvgIpc) is 3.19. The van der Waals surface area contributed by atoms with Gasteiger partial charge in [0, 0.05) is 47.7 Å². The summed E-state index contributed by atoms with van der Waals surface area (Å²) >= 11 is 0. The predicted molar refractivity (Wildman–Crippen MR) is 198 cm³/mol. The number of piperidine rings is 2. The van der Waals surface area contributed by atoms with Crippen molar-refractivity contribution in [1.29, 1.82) is 0 Å². The van der Waals surface area contributed by atoms with Crippen molar-refractivity contribution >= 4 is 53.0 Å². The number of hydrogen-bond donors (Lipinski definition) is 2. The Morgan fingerprint density at radius 3 is 1.50 bits per heavy atom. The molecule has 0 aromatic heterocycles. The molecule has 2 aliphatic heterocycles. The van der Waals surface area contributed by atoms with Gasteiger partial charge in [-0.1, -0.05) is 72.8 Å². The van der Waals surface area contributed by atoms with Crippen LogP contribution in [0.15, 0.2) is 112 Å². The Hall–Kier alpha value is -4.28. The second kappa shape index (κ2) is 15.4. The molecule has 2 aliphatic rings. The lowest BCUT2D eigenvalue weighted by atomic mass is 9.99. The number of ether oxygens (including phenoxy) is 2. The highest BCUT2D eigenvalue weighted by molar-refractivity contribution is 7.89. The Morgan fingerprint density at radius 2 is 1.06 bits per heavy atom. The van der Waals surface area contributed by atoms with Crippen molar-refractivity contribution in [3.8, 4) is 0 Å². The molecule has 2 heterocycles. The minimum absolute atomic E-state index is 0.00768. The van der Waals surface area contributed by atoms with Gasteiger partial charge in [0.25, 0.3) is 0 Å². The lowest BCUT2D eigenvalue weighted by Crippen LogP contribution is -2.40. The van der Waals surface area contributed by atoms with Gasteiger partial charge in [-0.3, -0.25) is 10.7 Å². The van der Waals surface area contributed by atoms with Crippen LogP contribution in [0, 0.1) is 4.91 Å². The highest BCUT2D eigenvalue weighted by atomic mass is 32.2. The predicted octanol–water partition coefficient (Wildman–Crippen LogP) is 6.93. The minimum atomic E-state index is -3.94. The number of nitrogens with zero attached hydrogens (tertiary/aromatic N) is 3. The van der Waals surface area contributed by atoms with Gasteiger partial charge in [-0.2, -0.15) is 8.61 Å². The van der Waals surface area contributed by atoms with E-state index in [4.69, 9.17) is 9.47 Å². The summed E-state index contributed by atoms with van der Waals surface area (Å²) in [4.78, 5) is 12.3. The normalized spacial score (nSPS) is 17.1. The Balaban J connectivity index is 1.10. The van der Waals surface area contributed by atoms with Crippen LogP contribution < -0.4 is 5.48 Å². The van der Waals surface area contributed by atoms with Crippen molar-refractivity contribution in [1.82, 2.24) is 8.61 Å². The molecule has 0 amide bonds. The summed E-state index contributed by atoms with van der Waals surface area (Å²) in [5.41, 5.74) is 4.34. The summed E-state index contributed by atoms with van der Waals surface area (Å²) in [5, 5.41) is 14.6. The summed E-state index contributed by atoms with van der Waals surface area (Å²) in [6.45, 7) is 2.01. The van der Waals surface area contributed by atoms with Gasteiger partial charge in [-0.05, 0) is 66.3 Å². The maximum atomic E-state index is 13.8. The Kier molecular flexibility index (Phi) is 10.7. The molecule has 0 saturated carbocycles. The van der Waals surface area contributed by atoms with Gasteiger partial charge < -0.3 is 9.47 Å². The van der Waals surface area contributed by atoms with E-state index in [1.165, 1.54) is 45.0 Å². The van der Waals surface area contributed by atoms with E-state index < -0.39 is 20.0 Å². The fraction of sp³-hybridized carbons (Fsp3) is 0.316. The number of fused-ring (bicyclic) bond motifs is 2. The zero-order chi connectivity index (χ0) is 36.3. The molecule has 0 unspecified atom stereocenters. The van der Waals surface area contributed by atoms with E-state index in [1.807, 2.05) is 60.7 Å². The molecular weight excluding hydrogens is 705 g/mol. The molecular formula is C38H40N4O8S2. The molecule has 0 spiro atoms. The molecule has 0 atom stereocenters. The van der Waals surface area contributed by atoms with Crippen LogP contribution in [-0.2, 0) is 42.7 Å². The third-order valence-electron chi connectivity index (χ3n) is 9.97. The first-order valence-corrected chi connectivity index (χ1v) is 20.2. The maximum absolute atomic E-state index is 13.8. The van der Waals surface area contributed by atoms with E-state index in [-0.39, 0.29) is 75.7 Å². The van der Waals surface area contributed by atoms with Gasteiger partial charge >= 0.3 is 0 Å². The van der Waals surface area contributed by atoms with Crippen molar-refractivity contribution in [3.63, 3.8) is 0 Å². The third kappa shape index (κ3) is 7.33. The fourth-order valence-corrected chi connectivity index (χ4v) is 10.0. The van der Waals surface area contributed by atoms with Crippen molar-refractivity contribution in [2.75, 3.05) is 31.7 Å². The molecule has 0 radical (unpaired) electrons. The van der Waals surface area contributed by atoms with Gasteiger partial charge in [0.15, 0.2) is 0 Å². The molecule has 0 bridgehead atoms. The van der Waals surface area contributed by atoms with Crippen LogP contribution in [-0.4, -0.2) is 69.0 Å². The fourth-order valence-electron chi connectivity index (χ4n) is 7.06. The molecule has 2 fully saturated rings. The molecule has 52 heavy (non-hydrogen) atoms. The first kappa shape index (κ1) is 36.1. The van der Waals surface area contributed by atoms with E-state index >= 15 is 0 Å². The Bertz CT molecular complexity index is 2280. The molecule has 5 aromatic carbocycles. The van der Waals surface area contributed by atoms with Gasteiger partial charge in [0.05, 0.1) is 40.9 Å². The Labute approximate surface area is 303 Å². The van der Waals surface area contributed by atoms with Crippen molar-refractivity contribution in [2.24, 2.45) is 5.18 Å². The quantitative estimate of drug-likeness (QED) is 0.0786. The van der Waals surface area contributed by atoms with Gasteiger partial charge in [0.2, 0.25) is 20.0 Å². The second-order valence-electron chi connectivity index (χ2n) is 13.1. The molecule has 7 rings (SSSR count). The third-order valence-corrected chi connectivity index (χ3v) is 13.8. The first-order valence-electron chi connectivity index (χ1n) is 17.3. The Morgan fingerprint density at radius 1 is 0.615 bits per heavy atom. The minimum Gasteiger partial charge on any atom is -0.373 e. The molecule has 2 saturated heterocycles. The number of anilines is 1. The van der Waals surface area contributed by atoms with Crippen LogP contribution in [0.2, 0.25) is 0 Å². The zero-order valence-electron chi connectivity index (χ0n) is 28.4. The summed E-state index contributed by atoms with van der Waals surface area (Å²) in [6, 6.07) is 28.2. The summed E-state index contributed by atoms with van der Waals surface area (Å²) in [7, 11) is -7.88. The number of hydrogen-bond acceptors (Lipinski definition) is 10. The molecule has 0 aliphatic carbocycles. The van der Waals surface area contributed by atoms with Gasteiger partial charge in [-0.15, -0.1) is 4.91 Å². The van der Waals surface area contributed by atoms with E-state index in [2.05, 4.69) is 10.7 Å². The van der Waals surface area contributed by atoms with E-state index in [0.29, 0.717) is 44.3 Å². The summed E-state index contributed by atoms with van der Waals surface area (Å²) < 4.78 is 70.1. The second-order valence-corrected chi connectivity index (χ2v) is 17.0. The lowest BCUT2D eigenvalue weighted by molar-refractivity contribution is 0.0100. The van der Waals surface area contributed by atoms with Crippen LogP contribution in [0.1, 0.15) is 36.8 Å². The van der Waals surface area contributed by atoms with Crippen LogP contribution in [0.4, 0.5) is 11.4 Å². The lowest BCUT2D eigenvalue weighted by Gasteiger charge is -2.31. The van der Waals surface area contributed by atoms with Crippen molar-refractivity contribution in [2.45, 2.75) is 60.9 Å². The standard InChI is InChI=1S/C38H40N4O8S2/c43-39-37-34-14-12-32(52(47,48)42-21-17-30(18-22-42)50-26-28-9-5-2-6-10-28)24-36(34)38(40-44)33-13-11-31(23-35(33)37)51(45,46)41-19-15-29(16-20-41)49-25-27-7-3-1-4-8-27/h1-14,23-24,29-30,39,43H,15-22,25-26H2. The van der Waals surface area contributed by atoms with E-state index in [9.17, 15) is 26.9 Å². The van der Waals surface area contributed by atoms with Crippen molar-refractivity contribution in [3.05, 3.63) is 113 Å². The zero-order valence-corrected chi connectivity index (χ0v) is 30.1. The monoisotopic (exact) mass is 744 g/mol. The average molecular weight is 745 g/mol. The summed E-state index contributed by atoms with van der Waals surface area (Å²) in [5.74, 6) is 0. The molecule has 14 heteroatoms. The molecule has 5 aromatic rings. The highest BCUT2D eigenvalue weighted by Gasteiger charge is 2.32. The van der Waals surface area contributed by atoms with E-state index in [0.717, 1.165) is 11.1 Å². The number of sulfonamides is 2. The maximum Gasteiger partial charge on any atom is 0.243 e. The number of nitrogens with one attached hydrogen (secondary N) is 1. The largest absolute Gasteiger partial charge is 0.373 e. The summed E-state index contributed by atoms with van der Waals surface area (Å²) in [6.07, 6.45) is 2.01. The van der Waals surface area contributed by atoms with E-state index in [1.54, 1.807) is 0 Å². The number of nitroso groups, excluding NO2 is 1. The number of benzene rings is 5. The van der Waals surface area contributed by atoms with Crippen LogP contribution >= 0.6 is 0 Å². The highest BCUT2D eigenvalue weighted by Crippen LogP contribution is 2.43. The topological polar surface area (TPSA) is 155 Å². The number of rotatable bonds is 12. The molecule has 272 valence electrons. The van der Waals surface area contributed by atoms with Crippen molar-refractivity contribution < 1.29 is 31.5 Å². The van der Waals surface area contributed by atoms with Gasteiger partial charge in [0.1, 0.15) is 5.69 Å². The molecule has 12 nitrogen and oxygen atoms in total. The van der Waals surface area contributed by atoms with Crippen LogP contribution in [0.3, 0.4) is 0 Å². The molecule has 2 N–H and O–H groups in total. The van der Waals surface area contributed by atoms with Crippen LogP contribution in [0.25, 0.3) is 21.5 Å². The first-order chi connectivity index (χ1) is 25.2. The smallest absolute Gasteiger partial charge is 0.243 e. The van der Waals surface area contributed by atoms with Crippen LogP contribution in [0.5, 0.6) is 0 Å². The van der Waals surface area contributed by atoms with Gasteiger partial charge in [-0.25, -0.2) is 16.8 Å².